The lowest BCUT2D eigenvalue weighted by atomic mass is 10.1. The van der Waals surface area contributed by atoms with Gasteiger partial charge in [-0.05, 0) is 18.1 Å². The van der Waals surface area contributed by atoms with Gasteiger partial charge in [-0.25, -0.2) is 4.79 Å². The van der Waals surface area contributed by atoms with Gasteiger partial charge in [-0.2, -0.15) is 12.6 Å². The number of aryl methyl sites for hydroxylation is 1. The van der Waals surface area contributed by atoms with E-state index in [2.05, 4.69) is 22.9 Å². The Kier molecular flexibility index (Phi) is 4.68. The minimum absolute atomic E-state index is 0.0775. The number of aromatic amines is 1. The van der Waals surface area contributed by atoms with E-state index in [1.54, 1.807) is 0 Å². The number of nitrogens with one attached hydrogen (secondary N) is 2. The van der Waals surface area contributed by atoms with E-state index in [-0.39, 0.29) is 18.1 Å². The van der Waals surface area contributed by atoms with Crippen molar-refractivity contribution in [1.29, 1.82) is 0 Å². The van der Waals surface area contributed by atoms with Crippen LogP contribution in [0.15, 0.2) is 30.5 Å². The van der Waals surface area contributed by atoms with E-state index in [0.29, 0.717) is 6.42 Å². The zero-order valence-electron chi connectivity index (χ0n) is 10.8. The summed E-state index contributed by atoms with van der Waals surface area (Å²) in [5.41, 5.74) is 2.08. The predicted molar refractivity (Wildman–Crippen MR) is 80.0 cm³/mol. The lowest BCUT2D eigenvalue weighted by molar-refractivity contribution is -0.141. The molecule has 0 aliphatic heterocycles. The molecule has 0 fully saturated rings. The molecule has 1 atom stereocenters. The van der Waals surface area contributed by atoms with E-state index >= 15 is 0 Å². The van der Waals surface area contributed by atoms with E-state index in [1.807, 2.05) is 30.5 Å². The number of H-pyrrole nitrogens is 1. The van der Waals surface area contributed by atoms with E-state index in [0.717, 1.165) is 16.5 Å². The Balaban J connectivity index is 1.95. The molecule has 1 amide bonds. The largest absolute Gasteiger partial charge is 0.480 e. The lowest BCUT2D eigenvalue weighted by Gasteiger charge is -2.11. The lowest BCUT2D eigenvalue weighted by Crippen LogP contribution is -2.42. The van der Waals surface area contributed by atoms with Crippen LogP contribution >= 0.6 is 12.6 Å². The number of aromatic nitrogens is 1. The number of aliphatic carboxylic acids is 1. The molecule has 2 rings (SSSR count). The van der Waals surface area contributed by atoms with Crippen molar-refractivity contribution in [1.82, 2.24) is 10.3 Å². The van der Waals surface area contributed by atoms with Crippen molar-refractivity contribution in [3.63, 3.8) is 0 Å². The van der Waals surface area contributed by atoms with E-state index in [1.165, 1.54) is 0 Å². The van der Waals surface area contributed by atoms with E-state index in [4.69, 9.17) is 5.11 Å². The molecule has 0 saturated heterocycles. The van der Waals surface area contributed by atoms with Gasteiger partial charge in [0.2, 0.25) is 5.91 Å². The monoisotopic (exact) mass is 292 g/mol. The molecule has 2 aromatic rings. The zero-order chi connectivity index (χ0) is 14.5. The molecule has 0 radical (unpaired) electrons. The number of fused-ring (bicyclic) bond motifs is 1. The first-order chi connectivity index (χ1) is 9.61. The maximum absolute atomic E-state index is 11.7. The minimum Gasteiger partial charge on any atom is -0.480 e. The van der Waals surface area contributed by atoms with Gasteiger partial charge >= 0.3 is 5.97 Å². The van der Waals surface area contributed by atoms with Crippen LogP contribution in [0.25, 0.3) is 10.9 Å². The first kappa shape index (κ1) is 14.5. The summed E-state index contributed by atoms with van der Waals surface area (Å²) in [6.45, 7) is 0. The Morgan fingerprint density at radius 1 is 1.35 bits per heavy atom. The smallest absolute Gasteiger partial charge is 0.327 e. The number of para-hydroxylation sites is 1. The van der Waals surface area contributed by atoms with Gasteiger partial charge in [-0.3, -0.25) is 4.79 Å². The summed E-state index contributed by atoms with van der Waals surface area (Å²) < 4.78 is 0. The minimum atomic E-state index is -1.07. The van der Waals surface area contributed by atoms with Crippen molar-refractivity contribution in [3.8, 4) is 0 Å². The molecule has 20 heavy (non-hydrogen) atoms. The first-order valence-corrected chi connectivity index (χ1v) is 6.93. The van der Waals surface area contributed by atoms with Gasteiger partial charge in [-0.1, -0.05) is 18.2 Å². The Morgan fingerprint density at radius 2 is 2.10 bits per heavy atom. The van der Waals surface area contributed by atoms with Gasteiger partial charge in [0.05, 0.1) is 0 Å². The molecule has 106 valence electrons. The predicted octanol–water partition coefficient (Wildman–Crippen LogP) is 1.60. The highest BCUT2D eigenvalue weighted by molar-refractivity contribution is 7.80. The number of carboxylic acid groups (broad SMARTS) is 1. The summed E-state index contributed by atoms with van der Waals surface area (Å²) in [6, 6.07) is 6.92. The second-order valence-electron chi connectivity index (χ2n) is 4.50. The average molecular weight is 292 g/mol. The van der Waals surface area contributed by atoms with Gasteiger partial charge in [0.25, 0.3) is 0 Å². The van der Waals surface area contributed by atoms with Crippen molar-refractivity contribution >= 4 is 35.4 Å². The molecular weight excluding hydrogens is 276 g/mol. The Morgan fingerprint density at radius 3 is 2.80 bits per heavy atom. The number of carboxylic acids is 1. The van der Waals surface area contributed by atoms with Crippen LogP contribution in [0.4, 0.5) is 0 Å². The van der Waals surface area contributed by atoms with Gasteiger partial charge in [0, 0.05) is 29.3 Å². The molecular formula is C14H16N2O3S. The fourth-order valence-corrected chi connectivity index (χ4v) is 2.29. The summed E-state index contributed by atoms with van der Waals surface area (Å²) in [7, 11) is 0. The van der Waals surface area contributed by atoms with Crippen molar-refractivity contribution in [2.75, 3.05) is 5.75 Å². The number of thiol groups is 1. The highest BCUT2D eigenvalue weighted by atomic mass is 32.1. The van der Waals surface area contributed by atoms with Crippen LogP contribution in [0.2, 0.25) is 0 Å². The molecule has 3 N–H and O–H groups in total. The van der Waals surface area contributed by atoms with Crippen molar-refractivity contribution in [3.05, 3.63) is 36.0 Å². The fourth-order valence-electron chi connectivity index (χ4n) is 2.04. The molecule has 0 bridgehead atoms. The molecule has 0 unspecified atom stereocenters. The maximum Gasteiger partial charge on any atom is 0.327 e. The van der Waals surface area contributed by atoms with Gasteiger partial charge < -0.3 is 15.4 Å². The summed E-state index contributed by atoms with van der Waals surface area (Å²) in [5, 5.41) is 12.4. The normalized spacial score (nSPS) is 12.2. The molecule has 1 aromatic carbocycles. The number of carbonyl (C=O) groups excluding carboxylic acids is 1. The second-order valence-corrected chi connectivity index (χ2v) is 4.87. The third-order valence-corrected chi connectivity index (χ3v) is 3.48. The van der Waals surface area contributed by atoms with Gasteiger partial charge in [0.1, 0.15) is 6.04 Å². The SMILES string of the molecule is O=C(CCc1c[nH]c2ccccc12)N[C@@H](CS)C(=O)O. The highest BCUT2D eigenvalue weighted by Crippen LogP contribution is 2.18. The third kappa shape index (κ3) is 3.33. The molecule has 1 heterocycles. The van der Waals surface area contributed by atoms with Crippen LogP contribution in [0.5, 0.6) is 0 Å². The fraction of sp³-hybridized carbons (Fsp3) is 0.286. The van der Waals surface area contributed by atoms with E-state index in [9.17, 15) is 9.59 Å². The topological polar surface area (TPSA) is 82.2 Å². The molecule has 0 aliphatic rings. The number of hydrogen-bond donors (Lipinski definition) is 4. The molecule has 5 nitrogen and oxygen atoms in total. The molecule has 6 heteroatoms. The zero-order valence-corrected chi connectivity index (χ0v) is 11.7. The first-order valence-electron chi connectivity index (χ1n) is 6.30. The van der Waals surface area contributed by atoms with Crippen LogP contribution in [0.3, 0.4) is 0 Å². The van der Waals surface area contributed by atoms with Gasteiger partial charge in [0.15, 0.2) is 0 Å². The number of carbonyl (C=O) groups is 2. The number of benzene rings is 1. The van der Waals surface area contributed by atoms with Crippen molar-refractivity contribution < 1.29 is 14.7 Å². The van der Waals surface area contributed by atoms with Crippen molar-refractivity contribution in [2.45, 2.75) is 18.9 Å². The van der Waals surface area contributed by atoms with Gasteiger partial charge in [-0.15, -0.1) is 0 Å². The molecule has 0 aliphatic carbocycles. The molecule has 0 saturated carbocycles. The average Bonchev–Trinajstić information content (AvgIpc) is 2.85. The van der Waals surface area contributed by atoms with Crippen LogP contribution in [-0.4, -0.2) is 33.8 Å². The maximum atomic E-state index is 11.7. The number of hydrogen-bond acceptors (Lipinski definition) is 3. The van der Waals surface area contributed by atoms with Crippen LogP contribution < -0.4 is 5.32 Å². The summed E-state index contributed by atoms with van der Waals surface area (Å²) >= 11 is 3.91. The Hall–Kier alpha value is -1.95. The third-order valence-electron chi connectivity index (χ3n) is 3.11. The van der Waals surface area contributed by atoms with Crippen LogP contribution in [0, 0.1) is 0 Å². The summed E-state index contributed by atoms with van der Waals surface area (Å²) in [5.74, 6) is -1.27. The molecule has 0 spiro atoms. The summed E-state index contributed by atoms with van der Waals surface area (Å²) in [4.78, 5) is 25.7. The number of rotatable bonds is 6. The van der Waals surface area contributed by atoms with E-state index < -0.39 is 12.0 Å². The van der Waals surface area contributed by atoms with Crippen LogP contribution in [0.1, 0.15) is 12.0 Å². The quantitative estimate of drug-likeness (QED) is 0.610. The highest BCUT2D eigenvalue weighted by Gasteiger charge is 2.17. The second kappa shape index (κ2) is 6.47. The van der Waals surface area contributed by atoms with Crippen LogP contribution in [-0.2, 0) is 16.0 Å². The standard InChI is InChI=1S/C14H16N2O3S/c17-13(16-12(8-20)14(18)19)6-5-9-7-15-11-4-2-1-3-10(9)11/h1-4,7,12,15,20H,5-6,8H2,(H,16,17)(H,18,19)/t12-/m0/s1. The number of amides is 1. The Bertz CT molecular complexity index is 624. The summed E-state index contributed by atoms with van der Waals surface area (Å²) in [6.07, 6.45) is 2.69. The van der Waals surface area contributed by atoms with Crippen molar-refractivity contribution in [2.24, 2.45) is 0 Å². The Labute approximate surface area is 121 Å². The molecule has 1 aromatic heterocycles.